The molecule has 2 atom stereocenters. The summed E-state index contributed by atoms with van der Waals surface area (Å²) in [6.45, 7) is 1.88. The number of hydrogen-bond acceptors (Lipinski definition) is 4. The van der Waals surface area contributed by atoms with E-state index in [0.717, 1.165) is 0 Å². The van der Waals surface area contributed by atoms with Crippen LogP contribution in [0.15, 0.2) is 36.9 Å². The Bertz CT molecular complexity index is 607. The average molecular weight is 258 g/mol. The molecule has 5 nitrogen and oxygen atoms in total. The van der Waals surface area contributed by atoms with Crippen LogP contribution < -0.4 is 9.47 Å². The van der Waals surface area contributed by atoms with Gasteiger partial charge in [-0.25, -0.2) is 4.98 Å². The normalized spacial score (nSPS) is 21.7. The van der Waals surface area contributed by atoms with Crippen LogP contribution in [0.4, 0.5) is 0 Å². The highest BCUT2D eigenvalue weighted by atomic mass is 16.5. The first-order valence-corrected chi connectivity index (χ1v) is 6.07. The molecule has 1 aliphatic rings. The van der Waals surface area contributed by atoms with E-state index in [-0.39, 0.29) is 11.9 Å². The van der Waals surface area contributed by atoms with Gasteiger partial charge in [0.15, 0.2) is 5.78 Å². The highest BCUT2D eigenvalue weighted by Gasteiger charge is 2.37. The molecule has 2 aromatic rings. The second-order valence-electron chi connectivity index (χ2n) is 4.48. The maximum absolute atomic E-state index is 12.7. The zero-order valence-corrected chi connectivity index (χ0v) is 10.7. The maximum atomic E-state index is 12.7. The monoisotopic (exact) mass is 258 g/mol. The molecule has 0 saturated heterocycles. The quantitative estimate of drug-likeness (QED) is 0.827. The summed E-state index contributed by atoms with van der Waals surface area (Å²) in [5.41, 5.74) is 0.502. The number of aromatic nitrogens is 2. The topological polar surface area (TPSA) is 53.4 Å². The molecule has 0 aliphatic carbocycles. The Morgan fingerprint density at radius 2 is 2.26 bits per heavy atom. The molecule has 0 bridgehead atoms. The lowest BCUT2D eigenvalue weighted by molar-refractivity contribution is 0.0712. The molecular weight excluding hydrogens is 244 g/mol. The third kappa shape index (κ3) is 1.78. The standard InChI is InChI=1S/C14H14N2O3/c1-9-13(16-7-6-15-8-16)14(17)12-10(18-2)4-3-5-11(12)19-9/h3-9,13H,1-2H3. The van der Waals surface area contributed by atoms with E-state index >= 15 is 0 Å². The molecule has 1 aromatic heterocycles. The number of methoxy groups -OCH3 is 1. The molecule has 5 heteroatoms. The van der Waals surface area contributed by atoms with Crippen molar-refractivity contribution in [1.29, 1.82) is 0 Å². The van der Waals surface area contributed by atoms with Crippen LogP contribution in [0.5, 0.6) is 11.5 Å². The summed E-state index contributed by atoms with van der Waals surface area (Å²) in [5.74, 6) is 1.11. The number of ketones is 1. The van der Waals surface area contributed by atoms with E-state index in [4.69, 9.17) is 9.47 Å². The number of carbonyl (C=O) groups excluding carboxylic acids is 1. The molecule has 0 amide bonds. The van der Waals surface area contributed by atoms with Gasteiger partial charge in [-0.3, -0.25) is 4.79 Å². The van der Waals surface area contributed by atoms with Crippen molar-refractivity contribution in [3.8, 4) is 11.5 Å². The number of Topliss-reactive ketones (excluding diaryl/α,β-unsaturated/α-hetero) is 1. The molecular formula is C14H14N2O3. The molecule has 0 spiro atoms. The van der Waals surface area contributed by atoms with Crippen LogP contribution in [0, 0.1) is 0 Å². The van der Waals surface area contributed by atoms with Gasteiger partial charge in [-0.2, -0.15) is 0 Å². The molecule has 0 saturated carbocycles. The van der Waals surface area contributed by atoms with Gasteiger partial charge in [0.2, 0.25) is 0 Å². The molecule has 3 rings (SSSR count). The number of fused-ring (bicyclic) bond motifs is 1. The molecule has 98 valence electrons. The van der Waals surface area contributed by atoms with Gasteiger partial charge in [0.1, 0.15) is 29.2 Å². The van der Waals surface area contributed by atoms with Gasteiger partial charge >= 0.3 is 0 Å². The number of imidazole rings is 1. The second kappa shape index (κ2) is 4.42. The number of ether oxygens (including phenoxy) is 2. The molecule has 2 heterocycles. The van der Waals surface area contributed by atoms with Crippen molar-refractivity contribution in [2.24, 2.45) is 0 Å². The van der Waals surface area contributed by atoms with Crippen LogP contribution in [-0.4, -0.2) is 28.5 Å². The van der Waals surface area contributed by atoms with Gasteiger partial charge in [-0.05, 0) is 19.1 Å². The van der Waals surface area contributed by atoms with E-state index in [1.54, 1.807) is 42.5 Å². The van der Waals surface area contributed by atoms with Crippen LogP contribution in [0.3, 0.4) is 0 Å². The second-order valence-corrected chi connectivity index (χ2v) is 4.48. The SMILES string of the molecule is COc1cccc2c1C(=O)C(n1ccnc1)C(C)O2. The van der Waals surface area contributed by atoms with E-state index in [2.05, 4.69) is 4.98 Å². The average Bonchev–Trinajstić information content (AvgIpc) is 2.91. The zero-order valence-electron chi connectivity index (χ0n) is 10.7. The van der Waals surface area contributed by atoms with Gasteiger partial charge < -0.3 is 14.0 Å². The highest BCUT2D eigenvalue weighted by molar-refractivity contribution is 6.05. The Morgan fingerprint density at radius 3 is 2.95 bits per heavy atom. The van der Waals surface area contributed by atoms with Crippen molar-refractivity contribution >= 4 is 5.78 Å². The predicted octanol–water partition coefficient (Wildman–Crippen LogP) is 2.10. The first-order chi connectivity index (χ1) is 9.22. The Kier molecular flexibility index (Phi) is 2.74. The van der Waals surface area contributed by atoms with Crippen LogP contribution >= 0.6 is 0 Å². The summed E-state index contributed by atoms with van der Waals surface area (Å²) in [5, 5.41) is 0. The lowest BCUT2D eigenvalue weighted by Gasteiger charge is -2.31. The molecule has 1 aliphatic heterocycles. The van der Waals surface area contributed by atoms with Crippen molar-refractivity contribution in [2.45, 2.75) is 19.1 Å². The third-order valence-electron chi connectivity index (χ3n) is 3.33. The third-order valence-corrected chi connectivity index (χ3v) is 3.33. The number of carbonyl (C=O) groups is 1. The molecule has 2 unspecified atom stereocenters. The fourth-order valence-electron chi connectivity index (χ4n) is 2.46. The predicted molar refractivity (Wildman–Crippen MR) is 68.7 cm³/mol. The highest BCUT2D eigenvalue weighted by Crippen LogP contribution is 2.38. The largest absolute Gasteiger partial charge is 0.496 e. The minimum atomic E-state index is -0.411. The fraction of sp³-hybridized carbons (Fsp3) is 0.286. The Labute approximate surface area is 110 Å². The van der Waals surface area contributed by atoms with Gasteiger partial charge in [0, 0.05) is 12.4 Å². The number of hydrogen-bond donors (Lipinski definition) is 0. The van der Waals surface area contributed by atoms with E-state index in [0.29, 0.717) is 17.1 Å². The van der Waals surface area contributed by atoms with Gasteiger partial charge in [0.25, 0.3) is 0 Å². The van der Waals surface area contributed by atoms with Crippen LogP contribution in [0.2, 0.25) is 0 Å². The summed E-state index contributed by atoms with van der Waals surface area (Å²) in [6.07, 6.45) is 4.80. The summed E-state index contributed by atoms with van der Waals surface area (Å²) in [7, 11) is 1.55. The van der Waals surface area contributed by atoms with Crippen molar-refractivity contribution in [2.75, 3.05) is 7.11 Å². The van der Waals surface area contributed by atoms with Crippen molar-refractivity contribution in [3.05, 3.63) is 42.5 Å². The van der Waals surface area contributed by atoms with Crippen LogP contribution in [0.25, 0.3) is 0 Å². The molecule has 0 radical (unpaired) electrons. The zero-order chi connectivity index (χ0) is 13.4. The maximum Gasteiger partial charge on any atom is 0.196 e. The smallest absolute Gasteiger partial charge is 0.196 e. The van der Waals surface area contributed by atoms with Crippen molar-refractivity contribution in [1.82, 2.24) is 9.55 Å². The Hall–Kier alpha value is -2.30. The minimum absolute atomic E-state index is 0.01000. The van der Waals surface area contributed by atoms with Crippen molar-refractivity contribution in [3.63, 3.8) is 0 Å². The molecule has 0 N–H and O–H groups in total. The van der Waals surface area contributed by atoms with Gasteiger partial charge in [0.05, 0.1) is 13.4 Å². The Balaban J connectivity index is 2.11. The van der Waals surface area contributed by atoms with Crippen molar-refractivity contribution < 1.29 is 14.3 Å². The molecule has 1 aromatic carbocycles. The van der Waals surface area contributed by atoms with E-state index in [9.17, 15) is 4.79 Å². The first kappa shape index (κ1) is 11.8. The van der Waals surface area contributed by atoms with Gasteiger partial charge in [-0.15, -0.1) is 0 Å². The van der Waals surface area contributed by atoms with E-state index in [1.165, 1.54) is 0 Å². The summed E-state index contributed by atoms with van der Waals surface area (Å²) in [4.78, 5) is 16.7. The van der Waals surface area contributed by atoms with Crippen LogP contribution in [0.1, 0.15) is 23.3 Å². The number of benzene rings is 1. The molecule has 0 fully saturated rings. The fourth-order valence-corrected chi connectivity index (χ4v) is 2.46. The first-order valence-electron chi connectivity index (χ1n) is 6.07. The van der Waals surface area contributed by atoms with E-state index < -0.39 is 6.04 Å². The lowest BCUT2D eigenvalue weighted by atomic mass is 9.95. The molecule has 19 heavy (non-hydrogen) atoms. The minimum Gasteiger partial charge on any atom is -0.496 e. The summed E-state index contributed by atoms with van der Waals surface area (Å²) >= 11 is 0. The summed E-state index contributed by atoms with van der Waals surface area (Å²) in [6, 6.07) is 4.96. The van der Waals surface area contributed by atoms with Crippen LogP contribution in [-0.2, 0) is 0 Å². The lowest BCUT2D eigenvalue weighted by Crippen LogP contribution is -2.37. The number of nitrogens with zero attached hydrogens (tertiary/aromatic N) is 2. The number of rotatable bonds is 2. The van der Waals surface area contributed by atoms with E-state index in [1.807, 2.05) is 13.0 Å². The van der Waals surface area contributed by atoms with Gasteiger partial charge in [-0.1, -0.05) is 6.07 Å². The Morgan fingerprint density at radius 1 is 1.42 bits per heavy atom. The summed E-state index contributed by atoms with van der Waals surface area (Å²) < 4.78 is 12.9.